The van der Waals surface area contributed by atoms with E-state index in [9.17, 15) is 35.9 Å². The molecule has 0 radical (unpaired) electrons. The van der Waals surface area contributed by atoms with Crippen molar-refractivity contribution in [2.75, 3.05) is 26.2 Å². The lowest BCUT2D eigenvalue weighted by atomic mass is 9.76. The number of amides is 1. The van der Waals surface area contributed by atoms with Crippen LogP contribution in [0.1, 0.15) is 57.6 Å². The number of hydrogen-bond donors (Lipinski definition) is 0. The number of benzene rings is 1. The Morgan fingerprint density at radius 3 is 2.03 bits per heavy atom. The molecule has 0 N–H and O–H groups in total. The summed E-state index contributed by atoms with van der Waals surface area (Å²) in [6, 6.07) is 5.26. The van der Waals surface area contributed by atoms with Crippen molar-refractivity contribution in [2.45, 2.75) is 82.5 Å². The molecule has 1 saturated carbocycles. The maximum Gasteiger partial charge on any atom is 0.434 e. The Labute approximate surface area is 222 Å². The summed E-state index contributed by atoms with van der Waals surface area (Å²) in [4.78, 5) is 28.2. The van der Waals surface area contributed by atoms with Crippen LogP contribution in [-0.4, -0.2) is 72.1 Å². The van der Waals surface area contributed by atoms with Crippen molar-refractivity contribution in [3.8, 4) is 0 Å². The highest BCUT2D eigenvalue weighted by molar-refractivity contribution is 6.30. The minimum absolute atomic E-state index is 0.124. The van der Waals surface area contributed by atoms with Crippen LogP contribution >= 0.6 is 11.6 Å². The van der Waals surface area contributed by atoms with E-state index in [1.165, 1.54) is 0 Å². The smallest absolute Gasteiger partial charge is 0.434 e. The Balaban J connectivity index is 1.73. The van der Waals surface area contributed by atoms with Crippen molar-refractivity contribution >= 4 is 23.7 Å². The van der Waals surface area contributed by atoms with Crippen molar-refractivity contribution in [1.29, 1.82) is 0 Å². The van der Waals surface area contributed by atoms with Crippen LogP contribution in [0.4, 0.5) is 31.1 Å². The average Bonchev–Trinajstić information content (AvgIpc) is 3.27. The van der Waals surface area contributed by atoms with E-state index in [1.807, 2.05) is 4.90 Å². The number of rotatable bonds is 5. The van der Waals surface area contributed by atoms with Gasteiger partial charge in [-0.25, -0.2) is 4.79 Å². The molecule has 2 fully saturated rings. The minimum Gasteiger partial charge on any atom is -0.459 e. The van der Waals surface area contributed by atoms with Gasteiger partial charge in [0.2, 0.25) is 0 Å². The zero-order chi connectivity index (χ0) is 28.5. The third-order valence-corrected chi connectivity index (χ3v) is 6.91. The molecule has 13 heteroatoms. The van der Waals surface area contributed by atoms with Gasteiger partial charge in [0.15, 0.2) is 0 Å². The summed E-state index contributed by atoms with van der Waals surface area (Å²) in [5.41, 5.74) is 0.000823. The molecular formula is C25H31ClF6N2O4. The molecule has 3 rings (SSSR count). The Morgan fingerprint density at radius 2 is 1.53 bits per heavy atom. The van der Waals surface area contributed by atoms with Gasteiger partial charge in [0.1, 0.15) is 5.60 Å². The molecule has 1 saturated heterocycles. The van der Waals surface area contributed by atoms with Gasteiger partial charge in [-0.2, -0.15) is 26.3 Å². The zero-order valence-corrected chi connectivity index (χ0v) is 22.1. The number of esters is 1. The van der Waals surface area contributed by atoms with Crippen LogP contribution in [0.3, 0.4) is 0 Å². The molecule has 6 nitrogen and oxygen atoms in total. The second-order valence-corrected chi connectivity index (χ2v) is 11.1. The van der Waals surface area contributed by atoms with Gasteiger partial charge in [-0.05, 0) is 56.9 Å². The predicted octanol–water partition coefficient (Wildman–Crippen LogP) is 6.24. The fraction of sp³-hybridized carbons (Fsp3) is 0.680. The SMILES string of the molecule is CC(C)(C)OC(=O)C1(c2cc(Cl)ccc2CN2CCN(C(=O)OC(C(F)(F)F)C(F)(F)F)CC2)CCCC1. The van der Waals surface area contributed by atoms with Gasteiger partial charge in [0.05, 0.1) is 5.41 Å². The lowest BCUT2D eigenvalue weighted by molar-refractivity contribution is -0.308. The third-order valence-electron chi connectivity index (χ3n) is 6.67. The Kier molecular flexibility index (Phi) is 8.87. The predicted molar refractivity (Wildman–Crippen MR) is 127 cm³/mol. The van der Waals surface area contributed by atoms with E-state index in [4.69, 9.17) is 16.3 Å². The quantitative estimate of drug-likeness (QED) is 0.309. The Hall–Kier alpha value is -2.21. The molecule has 1 aromatic carbocycles. The van der Waals surface area contributed by atoms with Gasteiger partial charge in [-0.3, -0.25) is 9.69 Å². The number of ether oxygens (including phenoxy) is 2. The lowest BCUT2D eigenvalue weighted by Crippen LogP contribution is -2.52. The summed E-state index contributed by atoms with van der Waals surface area (Å²) in [6.07, 6.45) is -14.6. The number of carbonyl (C=O) groups is 2. The number of alkyl halides is 6. The van der Waals surface area contributed by atoms with Gasteiger partial charge < -0.3 is 14.4 Å². The molecule has 2 aliphatic rings. The van der Waals surface area contributed by atoms with Crippen molar-refractivity contribution in [2.24, 2.45) is 0 Å². The van der Waals surface area contributed by atoms with Gasteiger partial charge in [-0.1, -0.05) is 30.5 Å². The fourth-order valence-electron chi connectivity index (χ4n) is 4.89. The summed E-state index contributed by atoms with van der Waals surface area (Å²) < 4.78 is 86.1. The highest BCUT2D eigenvalue weighted by Crippen LogP contribution is 2.45. The summed E-state index contributed by atoms with van der Waals surface area (Å²) >= 11 is 6.31. The molecule has 0 unspecified atom stereocenters. The monoisotopic (exact) mass is 572 g/mol. The van der Waals surface area contributed by atoms with E-state index in [1.54, 1.807) is 39.0 Å². The van der Waals surface area contributed by atoms with Crippen molar-refractivity contribution in [3.05, 3.63) is 34.3 Å². The second-order valence-electron chi connectivity index (χ2n) is 10.7. The largest absolute Gasteiger partial charge is 0.459 e. The van der Waals surface area contributed by atoms with E-state index < -0.39 is 35.6 Å². The lowest BCUT2D eigenvalue weighted by Gasteiger charge is -2.37. The number of hydrogen-bond acceptors (Lipinski definition) is 5. The number of nitrogens with zero attached hydrogens (tertiary/aromatic N) is 2. The van der Waals surface area contributed by atoms with Gasteiger partial charge in [0, 0.05) is 37.7 Å². The van der Waals surface area contributed by atoms with Gasteiger partial charge in [0.25, 0.3) is 6.10 Å². The van der Waals surface area contributed by atoms with E-state index in [0.717, 1.165) is 28.9 Å². The molecule has 1 aliphatic heterocycles. The molecule has 1 amide bonds. The fourth-order valence-corrected chi connectivity index (χ4v) is 5.07. The van der Waals surface area contributed by atoms with Gasteiger partial charge in [-0.15, -0.1) is 0 Å². The van der Waals surface area contributed by atoms with Crippen LogP contribution in [-0.2, 0) is 26.2 Å². The first kappa shape index (κ1) is 30.3. The standard InChI is InChI=1S/C25H31ClF6N2O4/c1-22(2,3)38-20(35)23(8-4-5-9-23)18-14-17(26)7-6-16(18)15-33-10-12-34(13-11-33)21(36)37-19(24(27,28)29)25(30,31)32/h6-7,14,19H,4-5,8-13,15H2,1-3H3. The van der Waals surface area contributed by atoms with Crippen molar-refractivity contribution in [1.82, 2.24) is 9.80 Å². The van der Waals surface area contributed by atoms with E-state index in [0.29, 0.717) is 24.4 Å². The number of halogens is 7. The molecular weight excluding hydrogens is 542 g/mol. The molecule has 214 valence electrons. The molecule has 1 heterocycles. The average molecular weight is 573 g/mol. The molecule has 0 bridgehead atoms. The molecule has 1 aromatic rings. The zero-order valence-electron chi connectivity index (χ0n) is 21.3. The van der Waals surface area contributed by atoms with E-state index in [-0.39, 0.29) is 32.1 Å². The molecule has 1 aliphatic carbocycles. The number of piperazine rings is 1. The van der Waals surface area contributed by atoms with Crippen LogP contribution in [0.15, 0.2) is 18.2 Å². The second kappa shape index (κ2) is 11.1. The number of carbonyl (C=O) groups excluding carboxylic acids is 2. The highest BCUT2D eigenvalue weighted by Gasteiger charge is 2.60. The van der Waals surface area contributed by atoms with Crippen LogP contribution in [0.2, 0.25) is 5.02 Å². The summed E-state index contributed by atoms with van der Waals surface area (Å²) in [7, 11) is 0. The third kappa shape index (κ3) is 7.25. The highest BCUT2D eigenvalue weighted by atomic mass is 35.5. The van der Waals surface area contributed by atoms with Crippen molar-refractivity contribution in [3.63, 3.8) is 0 Å². The normalized spacial score (nSPS) is 19.1. The summed E-state index contributed by atoms with van der Waals surface area (Å²) in [5, 5.41) is 0.454. The van der Waals surface area contributed by atoms with E-state index in [2.05, 4.69) is 4.74 Å². The molecule has 0 spiro atoms. The van der Waals surface area contributed by atoms with Gasteiger partial charge >= 0.3 is 24.4 Å². The first-order valence-corrected chi connectivity index (χ1v) is 12.6. The summed E-state index contributed by atoms with van der Waals surface area (Å²) in [5.74, 6) is -0.331. The van der Waals surface area contributed by atoms with Crippen LogP contribution < -0.4 is 0 Å². The topological polar surface area (TPSA) is 59.1 Å². The molecule has 0 aromatic heterocycles. The van der Waals surface area contributed by atoms with E-state index >= 15 is 0 Å². The molecule has 0 atom stereocenters. The maximum absolute atomic E-state index is 13.4. The van der Waals surface area contributed by atoms with Crippen LogP contribution in [0.5, 0.6) is 0 Å². The molecule has 38 heavy (non-hydrogen) atoms. The van der Waals surface area contributed by atoms with Crippen LogP contribution in [0, 0.1) is 0 Å². The first-order chi connectivity index (χ1) is 17.4. The maximum atomic E-state index is 13.4. The Bertz CT molecular complexity index is 997. The first-order valence-electron chi connectivity index (χ1n) is 12.3. The Morgan fingerprint density at radius 1 is 0.974 bits per heavy atom. The van der Waals surface area contributed by atoms with Crippen LogP contribution in [0.25, 0.3) is 0 Å². The van der Waals surface area contributed by atoms with Crippen molar-refractivity contribution < 1.29 is 45.4 Å². The minimum atomic E-state index is -5.77. The summed E-state index contributed by atoms with van der Waals surface area (Å²) in [6.45, 7) is 5.84.